The van der Waals surface area contributed by atoms with E-state index in [2.05, 4.69) is 35.2 Å². The third kappa shape index (κ3) is 2.50. The molecule has 0 amide bonds. The minimum Gasteiger partial charge on any atom is -0.354 e. The summed E-state index contributed by atoms with van der Waals surface area (Å²) in [6, 6.07) is 3.27. The highest BCUT2D eigenvalue weighted by Crippen LogP contribution is 2.17. The molecule has 15 heavy (non-hydrogen) atoms. The van der Waals surface area contributed by atoms with Gasteiger partial charge in [-0.25, -0.2) is 0 Å². The normalized spacial score (nSPS) is 21.6. The minimum absolute atomic E-state index is 0.568. The maximum Gasteiger partial charge on any atom is 0.150 e. The molecule has 0 saturated carbocycles. The predicted molar refractivity (Wildman–Crippen MR) is 62.1 cm³/mol. The topological polar surface area (TPSA) is 33.1 Å². The molecule has 1 atom stereocenters. The second-order valence-corrected chi connectivity index (χ2v) is 4.60. The number of anilines is 1. The first-order valence-electron chi connectivity index (χ1n) is 5.66. The van der Waals surface area contributed by atoms with Gasteiger partial charge in [-0.05, 0) is 6.42 Å². The van der Waals surface area contributed by atoms with Gasteiger partial charge in [0, 0.05) is 44.5 Å². The van der Waals surface area contributed by atoms with E-state index in [0.717, 1.165) is 18.9 Å². The van der Waals surface area contributed by atoms with Gasteiger partial charge in [0.15, 0.2) is 5.82 Å². The fourth-order valence-corrected chi connectivity index (χ4v) is 2.15. The molecule has 2 heterocycles. The number of hydrogen-bond acceptors (Lipinski definition) is 3. The van der Waals surface area contributed by atoms with E-state index in [1.807, 2.05) is 17.9 Å². The summed E-state index contributed by atoms with van der Waals surface area (Å²) >= 11 is 0. The van der Waals surface area contributed by atoms with E-state index in [4.69, 9.17) is 0 Å². The Morgan fingerprint density at radius 1 is 1.53 bits per heavy atom. The van der Waals surface area contributed by atoms with Crippen LogP contribution in [0.25, 0.3) is 0 Å². The second-order valence-electron chi connectivity index (χ2n) is 4.60. The number of nitrogens with zero attached hydrogens (tertiary/aromatic N) is 3. The zero-order valence-electron chi connectivity index (χ0n) is 9.77. The summed E-state index contributed by atoms with van der Waals surface area (Å²) in [7, 11) is 1.96. The van der Waals surface area contributed by atoms with Gasteiger partial charge in [-0.2, -0.15) is 5.10 Å². The zero-order valence-corrected chi connectivity index (χ0v) is 9.77. The monoisotopic (exact) mass is 208 g/mol. The number of hydrogen-bond donors (Lipinski definition) is 1. The Hall–Kier alpha value is -1.03. The molecule has 1 fully saturated rings. The van der Waals surface area contributed by atoms with Gasteiger partial charge < -0.3 is 10.2 Å². The lowest BCUT2D eigenvalue weighted by atomic mass is 10.2. The number of aromatic nitrogens is 2. The molecule has 1 saturated heterocycles. The van der Waals surface area contributed by atoms with Crippen molar-refractivity contribution in [3.8, 4) is 0 Å². The Morgan fingerprint density at radius 2 is 2.33 bits per heavy atom. The van der Waals surface area contributed by atoms with Crippen molar-refractivity contribution in [2.24, 2.45) is 7.05 Å². The van der Waals surface area contributed by atoms with E-state index in [0.29, 0.717) is 12.1 Å². The molecule has 1 aromatic heterocycles. The highest BCUT2D eigenvalue weighted by molar-refractivity contribution is 5.38. The van der Waals surface area contributed by atoms with Gasteiger partial charge in [-0.3, -0.25) is 4.68 Å². The van der Waals surface area contributed by atoms with Gasteiger partial charge in [-0.15, -0.1) is 0 Å². The molecule has 0 aromatic carbocycles. The van der Waals surface area contributed by atoms with Gasteiger partial charge >= 0.3 is 0 Å². The summed E-state index contributed by atoms with van der Waals surface area (Å²) in [5, 5.41) is 7.99. The third-order valence-corrected chi connectivity index (χ3v) is 2.78. The van der Waals surface area contributed by atoms with E-state index < -0.39 is 0 Å². The van der Waals surface area contributed by atoms with Crippen molar-refractivity contribution in [1.29, 1.82) is 0 Å². The zero-order chi connectivity index (χ0) is 10.8. The van der Waals surface area contributed by atoms with Gasteiger partial charge in [0.25, 0.3) is 0 Å². The molecule has 2 rings (SSSR count). The summed E-state index contributed by atoms with van der Waals surface area (Å²) < 4.78 is 1.86. The average Bonchev–Trinajstić information content (AvgIpc) is 2.72. The van der Waals surface area contributed by atoms with Gasteiger partial charge in [0.2, 0.25) is 0 Å². The molecule has 1 aromatic rings. The summed E-state index contributed by atoms with van der Waals surface area (Å²) in [4.78, 5) is 2.35. The molecule has 4 nitrogen and oxygen atoms in total. The van der Waals surface area contributed by atoms with Crippen LogP contribution in [-0.4, -0.2) is 35.0 Å². The number of nitrogens with one attached hydrogen (secondary N) is 1. The first-order valence-corrected chi connectivity index (χ1v) is 5.66. The fourth-order valence-electron chi connectivity index (χ4n) is 2.15. The first-order chi connectivity index (χ1) is 7.15. The predicted octanol–water partition coefficient (Wildman–Crippen LogP) is 0.997. The maximum absolute atomic E-state index is 4.42. The molecule has 1 aliphatic rings. The van der Waals surface area contributed by atoms with Gasteiger partial charge in [-0.1, -0.05) is 13.8 Å². The first kappa shape index (κ1) is 10.5. The van der Waals surface area contributed by atoms with E-state index in [-0.39, 0.29) is 0 Å². The van der Waals surface area contributed by atoms with E-state index in [1.54, 1.807) is 0 Å². The Labute approximate surface area is 91.3 Å². The number of aryl methyl sites for hydroxylation is 1. The SMILES string of the molecule is CC(C)NC1CCN(c2ccn(C)n2)C1. The molecule has 0 spiro atoms. The molecule has 4 heteroatoms. The van der Waals surface area contributed by atoms with E-state index in [9.17, 15) is 0 Å². The van der Waals surface area contributed by atoms with E-state index in [1.165, 1.54) is 6.42 Å². The number of rotatable bonds is 3. The molecular formula is C11H20N4. The molecule has 1 N–H and O–H groups in total. The summed E-state index contributed by atoms with van der Waals surface area (Å²) in [5.41, 5.74) is 0. The van der Waals surface area contributed by atoms with E-state index >= 15 is 0 Å². The van der Waals surface area contributed by atoms with Crippen LogP contribution in [0.15, 0.2) is 12.3 Å². The van der Waals surface area contributed by atoms with Crippen LogP contribution < -0.4 is 10.2 Å². The average molecular weight is 208 g/mol. The molecule has 0 radical (unpaired) electrons. The molecule has 1 aliphatic heterocycles. The second kappa shape index (κ2) is 4.23. The van der Waals surface area contributed by atoms with Crippen LogP contribution in [-0.2, 0) is 7.05 Å². The third-order valence-electron chi connectivity index (χ3n) is 2.78. The van der Waals surface area contributed by atoms with Crippen molar-refractivity contribution >= 4 is 5.82 Å². The lowest BCUT2D eigenvalue weighted by molar-refractivity contribution is 0.491. The molecule has 0 aliphatic carbocycles. The largest absolute Gasteiger partial charge is 0.354 e. The van der Waals surface area contributed by atoms with Gasteiger partial charge in [0.1, 0.15) is 0 Å². The van der Waals surface area contributed by atoms with Crippen molar-refractivity contribution in [2.75, 3.05) is 18.0 Å². The standard InChI is InChI=1S/C11H20N4/c1-9(2)12-10-4-7-15(8-10)11-5-6-14(3)13-11/h5-6,9-10,12H,4,7-8H2,1-3H3. The minimum atomic E-state index is 0.568. The van der Waals surface area contributed by atoms with Crippen molar-refractivity contribution in [3.05, 3.63) is 12.3 Å². The molecule has 0 bridgehead atoms. The van der Waals surface area contributed by atoms with Crippen molar-refractivity contribution < 1.29 is 0 Å². The summed E-state index contributed by atoms with van der Waals surface area (Å²) in [5.74, 6) is 1.10. The van der Waals surface area contributed by atoms with Gasteiger partial charge in [0.05, 0.1) is 0 Å². The highest BCUT2D eigenvalue weighted by Gasteiger charge is 2.23. The van der Waals surface area contributed by atoms with Crippen LogP contribution in [0.3, 0.4) is 0 Å². The Balaban J connectivity index is 1.92. The van der Waals surface area contributed by atoms with Crippen molar-refractivity contribution in [2.45, 2.75) is 32.4 Å². The quantitative estimate of drug-likeness (QED) is 0.804. The van der Waals surface area contributed by atoms with Crippen molar-refractivity contribution in [3.63, 3.8) is 0 Å². The Bertz CT molecular complexity index is 318. The van der Waals surface area contributed by atoms with Crippen LogP contribution in [0.1, 0.15) is 20.3 Å². The lowest BCUT2D eigenvalue weighted by Crippen LogP contribution is -2.37. The van der Waals surface area contributed by atoms with Crippen LogP contribution in [0.2, 0.25) is 0 Å². The van der Waals surface area contributed by atoms with Crippen LogP contribution in [0.4, 0.5) is 5.82 Å². The fraction of sp³-hybridized carbons (Fsp3) is 0.727. The highest BCUT2D eigenvalue weighted by atomic mass is 15.3. The maximum atomic E-state index is 4.42. The van der Waals surface area contributed by atoms with Crippen LogP contribution >= 0.6 is 0 Å². The molecule has 1 unspecified atom stereocenters. The molecule has 84 valence electrons. The Morgan fingerprint density at radius 3 is 2.93 bits per heavy atom. The smallest absolute Gasteiger partial charge is 0.150 e. The summed E-state index contributed by atoms with van der Waals surface area (Å²) in [6.07, 6.45) is 3.22. The lowest BCUT2D eigenvalue weighted by Gasteiger charge is -2.17. The van der Waals surface area contributed by atoms with Crippen LogP contribution in [0.5, 0.6) is 0 Å². The van der Waals surface area contributed by atoms with Crippen molar-refractivity contribution in [1.82, 2.24) is 15.1 Å². The van der Waals surface area contributed by atoms with Crippen LogP contribution in [0, 0.1) is 0 Å². The summed E-state index contributed by atoms with van der Waals surface area (Å²) in [6.45, 7) is 6.59. The molecular weight excluding hydrogens is 188 g/mol. The Kier molecular flexibility index (Phi) is 2.95.